The number of anilines is 1. The minimum absolute atomic E-state index is 0.124. The lowest BCUT2D eigenvalue weighted by molar-refractivity contribution is -0.153. The normalized spacial score (nSPS) is 12.2. The Morgan fingerprint density at radius 1 is 1.15 bits per heavy atom. The van der Waals surface area contributed by atoms with Crippen LogP contribution in [0.1, 0.15) is 12.5 Å². The zero-order chi connectivity index (χ0) is 20.0. The molecule has 9 heteroatoms. The number of carbonyl (C=O) groups is 2. The van der Waals surface area contributed by atoms with Gasteiger partial charge in [0.25, 0.3) is 5.91 Å². The number of nitrogens with one attached hydrogen (secondary N) is 1. The van der Waals surface area contributed by atoms with Gasteiger partial charge >= 0.3 is 12.1 Å². The number of para-hydroxylation sites is 1. The Kier molecular flexibility index (Phi) is 6.68. The van der Waals surface area contributed by atoms with Gasteiger partial charge in [-0.25, -0.2) is 4.79 Å². The average molecular weight is 402 g/mol. The van der Waals surface area contributed by atoms with Crippen molar-refractivity contribution in [3.8, 4) is 5.75 Å². The number of halogens is 4. The van der Waals surface area contributed by atoms with Gasteiger partial charge in [0.15, 0.2) is 12.7 Å². The molecule has 1 atom stereocenters. The molecule has 0 aliphatic carbocycles. The molecule has 0 saturated carbocycles. The van der Waals surface area contributed by atoms with Crippen LogP contribution in [0.2, 0.25) is 5.02 Å². The molecule has 5 nitrogen and oxygen atoms in total. The number of benzene rings is 2. The van der Waals surface area contributed by atoms with E-state index in [9.17, 15) is 22.8 Å². The number of rotatable bonds is 6. The highest BCUT2D eigenvalue weighted by Crippen LogP contribution is 2.36. The third-order valence-corrected chi connectivity index (χ3v) is 3.62. The molecule has 0 fully saturated rings. The first kappa shape index (κ1) is 20.6. The number of amides is 1. The molecule has 0 spiro atoms. The van der Waals surface area contributed by atoms with Gasteiger partial charge in [0.1, 0.15) is 5.75 Å². The summed E-state index contributed by atoms with van der Waals surface area (Å²) < 4.78 is 48.6. The molecule has 2 aromatic rings. The molecule has 144 valence electrons. The second-order valence-electron chi connectivity index (χ2n) is 5.42. The third-order valence-electron chi connectivity index (χ3n) is 3.29. The van der Waals surface area contributed by atoms with E-state index < -0.39 is 41.3 Å². The lowest BCUT2D eigenvalue weighted by Crippen LogP contribution is -2.29. The van der Waals surface area contributed by atoms with Gasteiger partial charge in [-0.2, -0.15) is 13.2 Å². The standard InChI is InChI=1S/C18H15ClF3NO4/c1-11(27-13-5-3-2-4-6-13)17(25)26-10-16(24)23-12-7-8-15(19)14(9-12)18(20,21)22/h2-9,11H,10H2,1H3,(H,23,24)/t11-/m1/s1. The molecule has 27 heavy (non-hydrogen) atoms. The fourth-order valence-electron chi connectivity index (χ4n) is 2.02. The van der Waals surface area contributed by atoms with Crippen LogP contribution in [-0.2, 0) is 20.5 Å². The van der Waals surface area contributed by atoms with E-state index in [1.165, 1.54) is 13.0 Å². The Hall–Kier alpha value is -2.74. The predicted molar refractivity (Wildman–Crippen MR) is 92.6 cm³/mol. The zero-order valence-corrected chi connectivity index (χ0v) is 14.8. The zero-order valence-electron chi connectivity index (χ0n) is 14.0. The first-order chi connectivity index (χ1) is 12.7. The lowest BCUT2D eigenvalue weighted by Gasteiger charge is -2.14. The van der Waals surface area contributed by atoms with Gasteiger partial charge in [0.2, 0.25) is 0 Å². The van der Waals surface area contributed by atoms with Crippen molar-refractivity contribution in [2.75, 3.05) is 11.9 Å². The van der Waals surface area contributed by atoms with Crippen LogP contribution in [0.25, 0.3) is 0 Å². The number of hydrogen-bond acceptors (Lipinski definition) is 4. The summed E-state index contributed by atoms with van der Waals surface area (Å²) in [6, 6.07) is 11.4. The molecule has 0 heterocycles. The number of hydrogen-bond donors (Lipinski definition) is 1. The fourth-order valence-corrected chi connectivity index (χ4v) is 2.25. The topological polar surface area (TPSA) is 64.6 Å². The van der Waals surface area contributed by atoms with Gasteiger partial charge in [-0.1, -0.05) is 29.8 Å². The predicted octanol–water partition coefficient (Wildman–Crippen LogP) is 4.31. The molecule has 2 rings (SSSR count). The van der Waals surface area contributed by atoms with Crippen LogP contribution >= 0.6 is 11.6 Å². The van der Waals surface area contributed by atoms with E-state index >= 15 is 0 Å². The maximum Gasteiger partial charge on any atom is 0.417 e. The van der Waals surface area contributed by atoms with Crippen molar-refractivity contribution in [2.45, 2.75) is 19.2 Å². The summed E-state index contributed by atoms with van der Waals surface area (Å²) in [6.07, 6.45) is -5.62. The molecule has 2 aromatic carbocycles. The SMILES string of the molecule is C[C@@H](Oc1ccccc1)C(=O)OCC(=O)Nc1ccc(Cl)c(C(F)(F)F)c1. The summed E-state index contributed by atoms with van der Waals surface area (Å²) in [5.74, 6) is -1.14. The van der Waals surface area contributed by atoms with E-state index in [-0.39, 0.29) is 5.69 Å². The van der Waals surface area contributed by atoms with Crippen molar-refractivity contribution in [3.63, 3.8) is 0 Å². The van der Waals surface area contributed by atoms with Gasteiger partial charge in [-0.3, -0.25) is 4.79 Å². The average Bonchev–Trinajstić information content (AvgIpc) is 2.61. The summed E-state index contributed by atoms with van der Waals surface area (Å²) in [5, 5.41) is 1.72. The monoisotopic (exact) mass is 401 g/mol. The van der Waals surface area contributed by atoms with Gasteiger partial charge in [0, 0.05) is 5.69 Å². The number of alkyl halides is 3. The van der Waals surface area contributed by atoms with Gasteiger partial charge < -0.3 is 14.8 Å². The van der Waals surface area contributed by atoms with Crippen molar-refractivity contribution >= 4 is 29.2 Å². The van der Waals surface area contributed by atoms with Crippen LogP contribution < -0.4 is 10.1 Å². The molecule has 0 bridgehead atoms. The van der Waals surface area contributed by atoms with E-state index in [2.05, 4.69) is 5.32 Å². The summed E-state index contributed by atoms with van der Waals surface area (Å²) in [7, 11) is 0. The molecule has 0 aliphatic rings. The molecular weight excluding hydrogens is 387 g/mol. The molecular formula is C18H15ClF3NO4. The van der Waals surface area contributed by atoms with Crippen molar-refractivity contribution in [2.24, 2.45) is 0 Å². The molecule has 1 amide bonds. The molecule has 0 aromatic heterocycles. The summed E-state index contributed by atoms with van der Waals surface area (Å²) in [5.41, 5.74) is -1.20. The smallest absolute Gasteiger partial charge is 0.417 e. The van der Waals surface area contributed by atoms with Crippen LogP contribution in [0.4, 0.5) is 18.9 Å². The highest BCUT2D eigenvalue weighted by atomic mass is 35.5. The van der Waals surface area contributed by atoms with E-state index in [0.29, 0.717) is 11.8 Å². The molecule has 0 saturated heterocycles. The van der Waals surface area contributed by atoms with E-state index in [1.807, 2.05) is 0 Å². The highest BCUT2D eigenvalue weighted by molar-refractivity contribution is 6.31. The number of esters is 1. The largest absolute Gasteiger partial charge is 0.479 e. The Labute approximate surface area is 158 Å². The third kappa shape index (κ3) is 6.18. The van der Waals surface area contributed by atoms with Gasteiger partial charge in [-0.05, 0) is 37.3 Å². The fraction of sp³-hybridized carbons (Fsp3) is 0.222. The second kappa shape index (κ2) is 8.77. The van der Waals surface area contributed by atoms with E-state index in [4.69, 9.17) is 21.1 Å². The molecule has 0 unspecified atom stereocenters. The summed E-state index contributed by atoms with van der Waals surface area (Å²) >= 11 is 5.51. The number of carbonyl (C=O) groups excluding carboxylic acids is 2. The highest BCUT2D eigenvalue weighted by Gasteiger charge is 2.33. The summed E-state index contributed by atoms with van der Waals surface area (Å²) in [6.45, 7) is 0.771. The molecule has 0 radical (unpaired) electrons. The van der Waals surface area contributed by atoms with Crippen molar-refractivity contribution in [1.82, 2.24) is 0 Å². The van der Waals surface area contributed by atoms with Crippen LogP contribution in [0.5, 0.6) is 5.75 Å². The molecule has 0 aliphatic heterocycles. The van der Waals surface area contributed by atoms with Crippen LogP contribution in [0.3, 0.4) is 0 Å². The Morgan fingerprint density at radius 2 is 1.81 bits per heavy atom. The Morgan fingerprint density at radius 3 is 2.44 bits per heavy atom. The number of ether oxygens (including phenoxy) is 2. The Bertz CT molecular complexity index is 812. The van der Waals surface area contributed by atoms with Crippen LogP contribution in [0, 0.1) is 0 Å². The quantitative estimate of drug-likeness (QED) is 0.733. The minimum atomic E-state index is -4.66. The van der Waals surface area contributed by atoms with Crippen molar-refractivity contribution in [3.05, 3.63) is 59.1 Å². The maximum atomic E-state index is 12.8. The van der Waals surface area contributed by atoms with E-state index in [1.54, 1.807) is 30.3 Å². The maximum absolute atomic E-state index is 12.8. The van der Waals surface area contributed by atoms with E-state index in [0.717, 1.165) is 6.07 Å². The summed E-state index contributed by atoms with van der Waals surface area (Å²) in [4.78, 5) is 23.6. The van der Waals surface area contributed by atoms with Crippen molar-refractivity contribution < 1.29 is 32.2 Å². The van der Waals surface area contributed by atoms with Crippen LogP contribution in [-0.4, -0.2) is 24.6 Å². The molecule has 1 N–H and O–H groups in total. The lowest BCUT2D eigenvalue weighted by atomic mass is 10.2. The first-order valence-electron chi connectivity index (χ1n) is 7.72. The van der Waals surface area contributed by atoms with Crippen LogP contribution in [0.15, 0.2) is 48.5 Å². The van der Waals surface area contributed by atoms with Gasteiger partial charge in [-0.15, -0.1) is 0 Å². The van der Waals surface area contributed by atoms with Gasteiger partial charge in [0.05, 0.1) is 10.6 Å². The minimum Gasteiger partial charge on any atom is -0.479 e. The second-order valence-corrected chi connectivity index (χ2v) is 5.83. The van der Waals surface area contributed by atoms with Crippen molar-refractivity contribution in [1.29, 1.82) is 0 Å². The first-order valence-corrected chi connectivity index (χ1v) is 8.09. The Balaban J connectivity index is 1.88.